The minimum Gasteiger partial charge on any atom is -0.359 e. The van der Waals surface area contributed by atoms with Gasteiger partial charge in [0.2, 0.25) is 11.9 Å². The molecule has 1 aliphatic rings. The van der Waals surface area contributed by atoms with Gasteiger partial charge in [0.1, 0.15) is 5.82 Å². The van der Waals surface area contributed by atoms with Crippen LogP contribution in [0.1, 0.15) is 30.9 Å². The van der Waals surface area contributed by atoms with Gasteiger partial charge in [-0.25, -0.2) is 4.98 Å². The third kappa shape index (κ3) is 5.30. The topological polar surface area (TPSA) is 98.8 Å². The molecule has 2 aromatic heterocycles. The van der Waals surface area contributed by atoms with Gasteiger partial charge in [-0.3, -0.25) is 9.89 Å². The Labute approximate surface area is 147 Å². The predicted octanol–water partition coefficient (Wildman–Crippen LogP) is 2.20. The van der Waals surface area contributed by atoms with Gasteiger partial charge in [-0.2, -0.15) is 10.1 Å². The van der Waals surface area contributed by atoms with Crippen LogP contribution in [0.3, 0.4) is 0 Å². The van der Waals surface area contributed by atoms with Gasteiger partial charge in [0.05, 0.1) is 0 Å². The first-order valence-corrected chi connectivity index (χ1v) is 8.23. The fraction of sp³-hybridized carbons (Fsp3) is 0.412. The van der Waals surface area contributed by atoms with E-state index in [2.05, 4.69) is 44.0 Å². The van der Waals surface area contributed by atoms with E-state index in [1.54, 1.807) is 19.3 Å². The number of aromatic amines is 1. The molecule has 0 aromatic carbocycles. The highest BCUT2D eigenvalue weighted by molar-refractivity contribution is 5.76. The molecule has 0 radical (unpaired) electrons. The largest absolute Gasteiger partial charge is 0.359 e. The molecular formula is C17H25N7O. The highest BCUT2D eigenvalue weighted by Crippen LogP contribution is 2.39. The van der Waals surface area contributed by atoms with Crippen molar-refractivity contribution >= 4 is 23.5 Å². The SMILES string of the molecule is C=C.CNC(=O)CCN(C)c1nccc(Nc2cc(C3CC3)[nH]n2)n1. The normalized spacial score (nSPS) is 12.7. The summed E-state index contributed by atoms with van der Waals surface area (Å²) in [5.74, 6) is 2.63. The summed E-state index contributed by atoms with van der Waals surface area (Å²) in [7, 11) is 3.49. The molecule has 1 amide bonds. The molecule has 0 unspecified atom stereocenters. The molecule has 3 rings (SSSR count). The second-order valence-corrected chi connectivity index (χ2v) is 5.69. The molecule has 8 heteroatoms. The molecule has 134 valence electrons. The van der Waals surface area contributed by atoms with Crippen molar-refractivity contribution in [3.63, 3.8) is 0 Å². The lowest BCUT2D eigenvalue weighted by molar-refractivity contribution is -0.120. The number of nitrogens with one attached hydrogen (secondary N) is 3. The van der Waals surface area contributed by atoms with Crippen LogP contribution in [0.15, 0.2) is 31.5 Å². The van der Waals surface area contributed by atoms with Crippen LogP contribution in [0.2, 0.25) is 0 Å². The highest BCUT2D eigenvalue weighted by atomic mass is 16.1. The first kappa shape index (κ1) is 18.4. The minimum absolute atomic E-state index is 0.00439. The van der Waals surface area contributed by atoms with Crippen LogP contribution in [0.4, 0.5) is 17.6 Å². The summed E-state index contributed by atoms with van der Waals surface area (Å²) in [5, 5.41) is 13.1. The molecule has 2 aromatic rings. The van der Waals surface area contributed by atoms with Gasteiger partial charge in [0.15, 0.2) is 5.82 Å². The van der Waals surface area contributed by atoms with Crippen molar-refractivity contribution in [2.75, 3.05) is 30.9 Å². The molecule has 8 nitrogen and oxygen atoms in total. The number of hydrogen-bond donors (Lipinski definition) is 3. The maximum Gasteiger partial charge on any atom is 0.227 e. The van der Waals surface area contributed by atoms with Crippen molar-refractivity contribution in [2.24, 2.45) is 0 Å². The van der Waals surface area contributed by atoms with Crippen molar-refractivity contribution in [1.29, 1.82) is 0 Å². The van der Waals surface area contributed by atoms with Crippen LogP contribution in [0, 0.1) is 0 Å². The molecule has 3 N–H and O–H groups in total. The van der Waals surface area contributed by atoms with E-state index in [1.165, 1.54) is 18.5 Å². The quantitative estimate of drug-likeness (QED) is 0.667. The Morgan fingerprint density at radius 3 is 2.84 bits per heavy atom. The van der Waals surface area contributed by atoms with Gasteiger partial charge in [-0.1, -0.05) is 0 Å². The molecule has 2 heterocycles. The number of anilines is 3. The van der Waals surface area contributed by atoms with Crippen molar-refractivity contribution in [3.05, 3.63) is 37.2 Å². The Morgan fingerprint density at radius 2 is 2.16 bits per heavy atom. The summed E-state index contributed by atoms with van der Waals surface area (Å²) >= 11 is 0. The van der Waals surface area contributed by atoms with Crippen LogP contribution < -0.4 is 15.5 Å². The molecule has 0 spiro atoms. The number of H-pyrrole nitrogens is 1. The van der Waals surface area contributed by atoms with Crippen LogP contribution in [-0.4, -0.2) is 46.7 Å². The maximum atomic E-state index is 11.3. The van der Waals surface area contributed by atoms with Crippen molar-refractivity contribution in [2.45, 2.75) is 25.2 Å². The Hall–Kier alpha value is -2.90. The van der Waals surface area contributed by atoms with Gasteiger partial charge in [-0.05, 0) is 18.9 Å². The summed E-state index contributed by atoms with van der Waals surface area (Å²) in [6.07, 6.45) is 4.55. The molecular weight excluding hydrogens is 318 g/mol. The van der Waals surface area contributed by atoms with E-state index in [1.807, 2.05) is 18.0 Å². The Balaban J connectivity index is 0.00000109. The highest BCUT2D eigenvalue weighted by Gasteiger charge is 2.25. The molecule has 0 bridgehead atoms. The Kier molecular flexibility index (Phi) is 6.50. The Morgan fingerprint density at radius 1 is 1.40 bits per heavy atom. The zero-order valence-electron chi connectivity index (χ0n) is 14.7. The lowest BCUT2D eigenvalue weighted by Crippen LogP contribution is -2.27. The van der Waals surface area contributed by atoms with E-state index in [-0.39, 0.29) is 5.91 Å². The number of amides is 1. The van der Waals surface area contributed by atoms with Gasteiger partial charge in [0.25, 0.3) is 0 Å². The number of aromatic nitrogens is 4. The third-order valence-corrected chi connectivity index (χ3v) is 3.81. The average molecular weight is 343 g/mol. The fourth-order valence-corrected chi connectivity index (χ4v) is 2.23. The smallest absolute Gasteiger partial charge is 0.227 e. The van der Waals surface area contributed by atoms with E-state index in [0.29, 0.717) is 30.6 Å². The summed E-state index contributed by atoms with van der Waals surface area (Å²) in [5.41, 5.74) is 1.17. The summed E-state index contributed by atoms with van der Waals surface area (Å²) in [6.45, 7) is 6.55. The van der Waals surface area contributed by atoms with Gasteiger partial charge in [0, 0.05) is 50.9 Å². The van der Waals surface area contributed by atoms with Crippen molar-refractivity contribution in [1.82, 2.24) is 25.5 Å². The summed E-state index contributed by atoms with van der Waals surface area (Å²) in [4.78, 5) is 21.9. The maximum absolute atomic E-state index is 11.3. The van der Waals surface area contributed by atoms with E-state index < -0.39 is 0 Å². The van der Waals surface area contributed by atoms with Crippen LogP contribution in [-0.2, 0) is 4.79 Å². The van der Waals surface area contributed by atoms with Crippen LogP contribution in [0.25, 0.3) is 0 Å². The summed E-state index contributed by atoms with van der Waals surface area (Å²) < 4.78 is 0. The minimum atomic E-state index is -0.00439. The van der Waals surface area contributed by atoms with Gasteiger partial charge >= 0.3 is 0 Å². The lowest BCUT2D eigenvalue weighted by atomic mass is 10.3. The molecule has 1 saturated carbocycles. The van der Waals surface area contributed by atoms with Gasteiger partial charge < -0.3 is 15.5 Å². The van der Waals surface area contributed by atoms with E-state index in [0.717, 1.165) is 5.82 Å². The standard InChI is InChI=1S/C15H21N7O.C2H4/c1-16-14(23)6-8-22(2)15-17-7-5-12(19-15)18-13-9-11(20-21-13)10-3-4-10;1-2/h5,7,9-10H,3-4,6,8H2,1-2H3,(H,16,23)(H2,17,18,19,20,21);1-2H2. The molecule has 1 aliphatic carbocycles. The first-order chi connectivity index (χ1) is 12.2. The molecule has 0 atom stereocenters. The molecule has 1 fully saturated rings. The van der Waals surface area contributed by atoms with Crippen molar-refractivity contribution < 1.29 is 4.79 Å². The first-order valence-electron chi connectivity index (χ1n) is 8.23. The lowest BCUT2D eigenvalue weighted by Gasteiger charge is -2.16. The predicted molar refractivity (Wildman–Crippen MR) is 99.1 cm³/mol. The van der Waals surface area contributed by atoms with E-state index in [9.17, 15) is 4.79 Å². The second-order valence-electron chi connectivity index (χ2n) is 5.69. The van der Waals surface area contributed by atoms with Gasteiger partial charge in [-0.15, -0.1) is 13.2 Å². The number of carbonyl (C=O) groups is 1. The zero-order valence-corrected chi connectivity index (χ0v) is 14.7. The Bertz CT molecular complexity index is 696. The zero-order chi connectivity index (χ0) is 18.2. The number of hydrogen-bond acceptors (Lipinski definition) is 6. The molecule has 0 aliphatic heterocycles. The summed E-state index contributed by atoms with van der Waals surface area (Å²) in [6, 6.07) is 3.82. The van der Waals surface area contributed by atoms with E-state index >= 15 is 0 Å². The number of rotatable bonds is 7. The van der Waals surface area contributed by atoms with Crippen LogP contribution >= 0.6 is 0 Å². The number of carbonyl (C=O) groups excluding carboxylic acids is 1. The third-order valence-electron chi connectivity index (χ3n) is 3.81. The van der Waals surface area contributed by atoms with E-state index in [4.69, 9.17) is 0 Å². The monoisotopic (exact) mass is 343 g/mol. The molecule has 25 heavy (non-hydrogen) atoms. The molecule has 0 saturated heterocycles. The fourth-order valence-electron chi connectivity index (χ4n) is 2.23. The second kappa shape index (κ2) is 8.81. The average Bonchev–Trinajstić information content (AvgIpc) is 3.41. The number of nitrogens with zero attached hydrogens (tertiary/aromatic N) is 4. The van der Waals surface area contributed by atoms with Crippen LogP contribution in [0.5, 0.6) is 0 Å². The van der Waals surface area contributed by atoms with Crippen molar-refractivity contribution in [3.8, 4) is 0 Å².